The van der Waals surface area contributed by atoms with E-state index in [1.54, 1.807) is 6.07 Å². The van der Waals surface area contributed by atoms with Gasteiger partial charge in [-0.1, -0.05) is 30.1 Å². The number of Topliss-reactive ketones (excluding diaryl/α,β-unsaturated/α-hetero) is 1. The summed E-state index contributed by atoms with van der Waals surface area (Å²) in [5.74, 6) is 0.829. The van der Waals surface area contributed by atoms with E-state index < -0.39 is 0 Å². The molecule has 0 N–H and O–H groups in total. The number of halogens is 2. The monoisotopic (exact) mass is 305 g/mol. The Morgan fingerprint density at radius 1 is 1.50 bits per heavy atom. The van der Waals surface area contributed by atoms with E-state index in [2.05, 4.69) is 18.7 Å². The fourth-order valence-electron chi connectivity index (χ4n) is 2.49. The first-order valence-electron chi connectivity index (χ1n) is 6.19. The van der Waals surface area contributed by atoms with E-state index in [0.29, 0.717) is 26.8 Å². The van der Waals surface area contributed by atoms with Gasteiger partial charge < -0.3 is 0 Å². The van der Waals surface area contributed by atoms with Crippen molar-refractivity contribution in [3.8, 4) is 0 Å². The topological polar surface area (TPSA) is 20.3 Å². The first-order chi connectivity index (χ1) is 8.47. The Labute approximate surface area is 122 Å². The summed E-state index contributed by atoms with van der Waals surface area (Å²) >= 11 is 13.1. The molecule has 1 aliphatic heterocycles. The maximum atomic E-state index is 12.2. The van der Waals surface area contributed by atoms with Gasteiger partial charge >= 0.3 is 0 Å². The molecule has 2 unspecified atom stereocenters. The Hall–Kier alpha value is -0.0900. The van der Waals surface area contributed by atoms with Crippen molar-refractivity contribution >= 4 is 40.3 Å². The van der Waals surface area contributed by atoms with E-state index >= 15 is 0 Å². The standard InChI is InChI=1S/C13H17Cl2NOS/c1-8-3-4-16(9(2)5-8)7-11(17)10-6-12(14)18-13(10)15/h6,8-9H,3-5,7H2,1-2H3. The van der Waals surface area contributed by atoms with E-state index in [-0.39, 0.29) is 5.78 Å². The highest BCUT2D eigenvalue weighted by Gasteiger charge is 2.25. The number of piperidine rings is 1. The third kappa shape index (κ3) is 3.27. The molecule has 1 fully saturated rings. The van der Waals surface area contributed by atoms with Crippen LogP contribution in [0.2, 0.25) is 8.67 Å². The molecular formula is C13H17Cl2NOS. The normalized spacial score (nSPS) is 25.3. The zero-order valence-electron chi connectivity index (χ0n) is 10.6. The molecule has 1 aliphatic rings. The van der Waals surface area contributed by atoms with E-state index in [1.165, 1.54) is 11.3 Å². The summed E-state index contributed by atoms with van der Waals surface area (Å²) in [6, 6.07) is 2.14. The average molecular weight is 306 g/mol. The molecule has 2 nitrogen and oxygen atoms in total. The van der Waals surface area contributed by atoms with Crippen molar-refractivity contribution < 1.29 is 4.79 Å². The molecule has 0 aromatic carbocycles. The van der Waals surface area contributed by atoms with E-state index in [0.717, 1.165) is 25.3 Å². The number of hydrogen-bond donors (Lipinski definition) is 0. The van der Waals surface area contributed by atoms with Crippen LogP contribution in [0.15, 0.2) is 6.07 Å². The number of thiophene rings is 1. The summed E-state index contributed by atoms with van der Waals surface area (Å²) in [4.78, 5) is 14.4. The predicted octanol–water partition coefficient (Wildman–Crippen LogP) is 4.36. The zero-order chi connectivity index (χ0) is 13.3. The first kappa shape index (κ1) is 14.3. The minimum absolute atomic E-state index is 0.0737. The van der Waals surface area contributed by atoms with Gasteiger partial charge in [0.05, 0.1) is 16.4 Å². The SMILES string of the molecule is CC1CCN(CC(=O)c2cc(Cl)sc2Cl)C(C)C1. The molecular weight excluding hydrogens is 289 g/mol. The minimum Gasteiger partial charge on any atom is -0.293 e. The van der Waals surface area contributed by atoms with E-state index in [1.807, 2.05) is 0 Å². The maximum Gasteiger partial charge on any atom is 0.179 e. The molecule has 100 valence electrons. The summed E-state index contributed by atoms with van der Waals surface area (Å²) in [5, 5.41) is 0. The van der Waals surface area contributed by atoms with Crippen molar-refractivity contribution in [2.75, 3.05) is 13.1 Å². The summed E-state index contributed by atoms with van der Waals surface area (Å²) in [7, 11) is 0. The number of rotatable bonds is 3. The first-order valence-corrected chi connectivity index (χ1v) is 7.76. The van der Waals surface area contributed by atoms with Gasteiger partial charge in [0.1, 0.15) is 4.34 Å². The fourth-order valence-corrected chi connectivity index (χ4v) is 3.99. The van der Waals surface area contributed by atoms with Crippen molar-refractivity contribution in [1.82, 2.24) is 4.90 Å². The van der Waals surface area contributed by atoms with Crippen LogP contribution in [-0.4, -0.2) is 29.8 Å². The molecule has 0 bridgehead atoms. The van der Waals surface area contributed by atoms with Gasteiger partial charge in [-0.2, -0.15) is 0 Å². The lowest BCUT2D eigenvalue weighted by atomic mass is 9.93. The third-order valence-electron chi connectivity index (χ3n) is 3.58. The van der Waals surface area contributed by atoms with E-state index in [4.69, 9.17) is 23.2 Å². The molecule has 18 heavy (non-hydrogen) atoms. The van der Waals surface area contributed by atoms with Crippen LogP contribution in [0.1, 0.15) is 37.0 Å². The molecule has 1 aromatic heterocycles. The van der Waals surface area contributed by atoms with Crippen molar-refractivity contribution in [2.45, 2.75) is 32.7 Å². The summed E-state index contributed by atoms with van der Waals surface area (Å²) in [6.07, 6.45) is 2.32. The van der Waals surface area contributed by atoms with Crippen LogP contribution >= 0.6 is 34.5 Å². The van der Waals surface area contributed by atoms with Gasteiger partial charge in [0.25, 0.3) is 0 Å². The lowest BCUT2D eigenvalue weighted by molar-refractivity contribution is 0.0817. The second-order valence-corrected chi connectivity index (χ2v) is 7.40. The minimum atomic E-state index is 0.0737. The Balaban J connectivity index is 2.01. The number of hydrogen-bond acceptors (Lipinski definition) is 3. The van der Waals surface area contributed by atoms with Crippen LogP contribution in [0, 0.1) is 5.92 Å². The molecule has 2 atom stereocenters. The molecule has 0 saturated carbocycles. The average Bonchev–Trinajstić information content (AvgIpc) is 2.62. The van der Waals surface area contributed by atoms with Gasteiger partial charge in [-0.15, -0.1) is 11.3 Å². The highest BCUT2D eigenvalue weighted by molar-refractivity contribution is 7.20. The Bertz CT molecular complexity index is 446. The van der Waals surface area contributed by atoms with Crippen molar-refractivity contribution in [2.24, 2.45) is 5.92 Å². The van der Waals surface area contributed by atoms with Gasteiger partial charge in [0.2, 0.25) is 0 Å². The van der Waals surface area contributed by atoms with Crippen molar-refractivity contribution in [3.63, 3.8) is 0 Å². The van der Waals surface area contributed by atoms with Crippen LogP contribution in [-0.2, 0) is 0 Å². The highest BCUT2D eigenvalue weighted by atomic mass is 35.5. The summed E-state index contributed by atoms with van der Waals surface area (Å²) < 4.78 is 1.08. The number of nitrogens with zero attached hydrogens (tertiary/aromatic N) is 1. The molecule has 2 heterocycles. The quantitative estimate of drug-likeness (QED) is 0.773. The number of carbonyl (C=O) groups excluding carboxylic acids is 1. The predicted molar refractivity (Wildman–Crippen MR) is 78.1 cm³/mol. The number of likely N-dealkylation sites (tertiary alicyclic amines) is 1. The Kier molecular flexibility index (Phi) is 4.70. The van der Waals surface area contributed by atoms with Gasteiger partial charge in [0.15, 0.2) is 5.78 Å². The largest absolute Gasteiger partial charge is 0.293 e. The third-order valence-corrected chi connectivity index (χ3v) is 5.07. The van der Waals surface area contributed by atoms with Crippen molar-refractivity contribution in [1.29, 1.82) is 0 Å². The van der Waals surface area contributed by atoms with Gasteiger partial charge in [-0.3, -0.25) is 9.69 Å². The second-order valence-electron chi connectivity index (χ2n) is 5.11. The molecule has 5 heteroatoms. The van der Waals surface area contributed by atoms with Crippen LogP contribution in [0.5, 0.6) is 0 Å². The van der Waals surface area contributed by atoms with Gasteiger partial charge in [-0.25, -0.2) is 0 Å². The molecule has 0 spiro atoms. The second kappa shape index (κ2) is 5.91. The van der Waals surface area contributed by atoms with Gasteiger partial charge in [-0.05, 0) is 38.3 Å². The number of ketones is 1. The van der Waals surface area contributed by atoms with Gasteiger partial charge in [0, 0.05) is 6.04 Å². The molecule has 0 aliphatic carbocycles. The summed E-state index contributed by atoms with van der Waals surface area (Å²) in [6.45, 7) is 5.89. The molecule has 1 saturated heterocycles. The molecule has 0 radical (unpaired) electrons. The Morgan fingerprint density at radius 3 is 2.78 bits per heavy atom. The van der Waals surface area contributed by atoms with Crippen LogP contribution in [0.3, 0.4) is 0 Å². The zero-order valence-corrected chi connectivity index (χ0v) is 12.9. The highest BCUT2D eigenvalue weighted by Crippen LogP contribution is 2.32. The van der Waals surface area contributed by atoms with Crippen LogP contribution in [0.4, 0.5) is 0 Å². The van der Waals surface area contributed by atoms with Crippen LogP contribution in [0.25, 0.3) is 0 Å². The smallest absolute Gasteiger partial charge is 0.179 e. The maximum absolute atomic E-state index is 12.2. The number of carbonyl (C=O) groups is 1. The molecule has 2 rings (SSSR count). The summed E-state index contributed by atoms with van der Waals surface area (Å²) in [5.41, 5.74) is 0.567. The van der Waals surface area contributed by atoms with E-state index in [9.17, 15) is 4.79 Å². The lowest BCUT2D eigenvalue weighted by Gasteiger charge is -2.35. The lowest BCUT2D eigenvalue weighted by Crippen LogP contribution is -2.43. The Morgan fingerprint density at radius 2 is 2.22 bits per heavy atom. The molecule has 0 amide bonds. The molecule has 1 aromatic rings. The fraction of sp³-hybridized carbons (Fsp3) is 0.615. The van der Waals surface area contributed by atoms with Crippen LogP contribution < -0.4 is 0 Å². The van der Waals surface area contributed by atoms with Crippen molar-refractivity contribution in [3.05, 3.63) is 20.3 Å².